The molecule has 2 heterocycles. The first-order valence-electron chi connectivity index (χ1n) is 7.94. The monoisotopic (exact) mass is 314 g/mol. The molecular weight excluding hydrogens is 292 g/mol. The van der Waals surface area contributed by atoms with Crippen molar-refractivity contribution >= 4 is 22.7 Å². The maximum absolute atomic E-state index is 12.3. The predicted octanol–water partition coefficient (Wildman–Crippen LogP) is 0.443. The van der Waals surface area contributed by atoms with E-state index in [4.69, 9.17) is 5.73 Å². The summed E-state index contributed by atoms with van der Waals surface area (Å²) in [7, 11) is 1.98. The number of para-hydroxylation sites is 1. The van der Waals surface area contributed by atoms with Crippen LogP contribution < -0.4 is 16.4 Å². The molecule has 1 aromatic carbocycles. The molecule has 3 rings (SSSR count). The van der Waals surface area contributed by atoms with Crippen LogP contribution in [0, 0.1) is 0 Å². The van der Waals surface area contributed by atoms with Crippen LogP contribution >= 0.6 is 0 Å². The van der Waals surface area contributed by atoms with Gasteiger partial charge in [0.1, 0.15) is 12.1 Å². The lowest BCUT2D eigenvalue weighted by atomic mass is 10.00. The number of nitrogens with two attached hydrogens (primary N) is 1. The largest absolute Gasteiger partial charge is 0.350 e. The standard InChI is InChI=1S/C17H22N4O2/c1-21-10-11(12-5-2-3-7-15(12)21)9-14-17(23)19-13(6-4-8-18)16(22)20-14/h2-3,5,7,10,13-14H,4,6,8-9,18H2,1H3,(H,19,23)(H,20,22)/t13-,14-/m1/s1. The Kier molecular flexibility index (Phi) is 4.34. The summed E-state index contributed by atoms with van der Waals surface area (Å²) in [5.41, 5.74) is 7.64. The van der Waals surface area contributed by atoms with Gasteiger partial charge in [0.25, 0.3) is 0 Å². The lowest BCUT2D eigenvalue weighted by Crippen LogP contribution is -2.62. The van der Waals surface area contributed by atoms with E-state index in [2.05, 4.69) is 10.6 Å². The van der Waals surface area contributed by atoms with Gasteiger partial charge in [-0.3, -0.25) is 9.59 Å². The van der Waals surface area contributed by atoms with Crippen LogP contribution in [0.3, 0.4) is 0 Å². The van der Waals surface area contributed by atoms with Crippen LogP contribution in [0.5, 0.6) is 0 Å². The Hall–Kier alpha value is -2.34. The van der Waals surface area contributed by atoms with Crippen LogP contribution in [-0.2, 0) is 23.1 Å². The lowest BCUT2D eigenvalue weighted by Gasteiger charge is -2.29. The van der Waals surface area contributed by atoms with E-state index in [0.717, 1.165) is 16.5 Å². The number of nitrogens with zero attached hydrogens (tertiary/aromatic N) is 1. The fourth-order valence-corrected chi connectivity index (χ4v) is 3.15. The second-order valence-corrected chi connectivity index (χ2v) is 6.04. The van der Waals surface area contributed by atoms with Crippen molar-refractivity contribution in [2.24, 2.45) is 12.8 Å². The molecule has 0 bridgehead atoms. The fourth-order valence-electron chi connectivity index (χ4n) is 3.15. The lowest BCUT2D eigenvalue weighted by molar-refractivity contribution is -0.136. The third kappa shape index (κ3) is 3.07. The molecule has 0 spiro atoms. The molecule has 122 valence electrons. The number of rotatable bonds is 5. The van der Waals surface area contributed by atoms with Crippen LogP contribution in [0.2, 0.25) is 0 Å². The van der Waals surface area contributed by atoms with E-state index in [1.165, 1.54) is 0 Å². The van der Waals surface area contributed by atoms with E-state index >= 15 is 0 Å². The van der Waals surface area contributed by atoms with Crippen molar-refractivity contribution in [3.8, 4) is 0 Å². The number of fused-ring (bicyclic) bond motifs is 1. The van der Waals surface area contributed by atoms with E-state index in [9.17, 15) is 9.59 Å². The molecule has 1 saturated heterocycles. The van der Waals surface area contributed by atoms with Crippen LogP contribution in [0.4, 0.5) is 0 Å². The zero-order valence-corrected chi connectivity index (χ0v) is 13.2. The molecule has 0 radical (unpaired) electrons. The summed E-state index contributed by atoms with van der Waals surface area (Å²) in [4.78, 5) is 24.4. The minimum Gasteiger partial charge on any atom is -0.350 e. The van der Waals surface area contributed by atoms with E-state index in [1.807, 2.05) is 42.1 Å². The van der Waals surface area contributed by atoms with Crippen LogP contribution in [0.15, 0.2) is 30.5 Å². The van der Waals surface area contributed by atoms with Gasteiger partial charge >= 0.3 is 0 Å². The molecule has 0 aliphatic carbocycles. The Morgan fingerprint density at radius 3 is 2.61 bits per heavy atom. The Morgan fingerprint density at radius 1 is 1.13 bits per heavy atom. The number of hydrogen-bond acceptors (Lipinski definition) is 3. The second kappa shape index (κ2) is 6.42. The van der Waals surface area contributed by atoms with Crippen molar-refractivity contribution in [2.45, 2.75) is 31.3 Å². The quantitative estimate of drug-likeness (QED) is 0.748. The van der Waals surface area contributed by atoms with Crippen molar-refractivity contribution in [3.05, 3.63) is 36.0 Å². The van der Waals surface area contributed by atoms with E-state index in [1.54, 1.807) is 0 Å². The first-order valence-corrected chi connectivity index (χ1v) is 7.94. The molecule has 4 N–H and O–H groups in total. The summed E-state index contributed by atoms with van der Waals surface area (Å²) in [6, 6.07) is 7.06. The Bertz CT molecular complexity index is 737. The predicted molar refractivity (Wildman–Crippen MR) is 88.8 cm³/mol. The topological polar surface area (TPSA) is 89.2 Å². The molecule has 23 heavy (non-hydrogen) atoms. The van der Waals surface area contributed by atoms with Crippen LogP contribution in [-0.4, -0.2) is 35.0 Å². The number of piperazine rings is 1. The fraction of sp³-hybridized carbons (Fsp3) is 0.412. The third-order valence-corrected chi connectivity index (χ3v) is 4.37. The minimum absolute atomic E-state index is 0.122. The van der Waals surface area contributed by atoms with Crippen molar-refractivity contribution in [1.29, 1.82) is 0 Å². The number of carbonyl (C=O) groups excluding carboxylic acids is 2. The molecular formula is C17H22N4O2. The highest BCUT2D eigenvalue weighted by molar-refractivity contribution is 5.97. The summed E-state index contributed by atoms with van der Waals surface area (Å²) in [5.74, 6) is -0.247. The molecule has 2 amide bonds. The van der Waals surface area contributed by atoms with Crippen LogP contribution in [0.1, 0.15) is 18.4 Å². The summed E-state index contributed by atoms with van der Waals surface area (Å²) >= 11 is 0. The van der Waals surface area contributed by atoms with E-state index in [-0.39, 0.29) is 11.8 Å². The highest BCUT2D eigenvalue weighted by atomic mass is 16.2. The van der Waals surface area contributed by atoms with Gasteiger partial charge in [-0.15, -0.1) is 0 Å². The van der Waals surface area contributed by atoms with Crippen molar-refractivity contribution in [1.82, 2.24) is 15.2 Å². The number of aromatic nitrogens is 1. The van der Waals surface area contributed by atoms with E-state index < -0.39 is 12.1 Å². The molecule has 1 aromatic heterocycles. The normalized spacial score (nSPS) is 21.3. The number of benzene rings is 1. The molecule has 6 heteroatoms. The molecule has 1 fully saturated rings. The number of carbonyl (C=O) groups is 2. The van der Waals surface area contributed by atoms with Crippen LogP contribution in [0.25, 0.3) is 10.9 Å². The van der Waals surface area contributed by atoms with Gasteiger partial charge in [-0.05, 0) is 31.0 Å². The van der Waals surface area contributed by atoms with Crippen molar-refractivity contribution in [3.63, 3.8) is 0 Å². The molecule has 2 atom stereocenters. The molecule has 1 aliphatic rings. The van der Waals surface area contributed by atoms with Gasteiger partial charge in [0.15, 0.2) is 0 Å². The SMILES string of the molecule is Cn1cc(C[C@H]2NC(=O)[C@@H](CCCN)NC2=O)c2ccccc21. The van der Waals surface area contributed by atoms with Gasteiger partial charge in [-0.2, -0.15) is 0 Å². The highest BCUT2D eigenvalue weighted by Gasteiger charge is 2.33. The summed E-state index contributed by atoms with van der Waals surface area (Å²) in [6.45, 7) is 0.513. The maximum atomic E-state index is 12.3. The van der Waals surface area contributed by atoms with Gasteiger partial charge in [0.2, 0.25) is 11.8 Å². The molecule has 2 aromatic rings. The van der Waals surface area contributed by atoms with Gasteiger partial charge in [-0.1, -0.05) is 18.2 Å². The number of nitrogens with one attached hydrogen (secondary N) is 2. The number of aryl methyl sites for hydroxylation is 1. The zero-order valence-electron chi connectivity index (χ0n) is 13.2. The average Bonchev–Trinajstić information content (AvgIpc) is 2.86. The minimum atomic E-state index is -0.526. The summed E-state index contributed by atoms with van der Waals surface area (Å²) in [6.07, 6.45) is 3.80. The second-order valence-electron chi connectivity index (χ2n) is 6.04. The summed E-state index contributed by atoms with van der Waals surface area (Å²) < 4.78 is 2.04. The average molecular weight is 314 g/mol. The van der Waals surface area contributed by atoms with Gasteiger partial charge in [0, 0.05) is 30.6 Å². The molecule has 1 aliphatic heterocycles. The molecule has 0 saturated carbocycles. The zero-order chi connectivity index (χ0) is 16.4. The Morgan fingerprint density at radius 2 is 1.83 bits per heavy atom. The van der Waals surface area contributed by atoms with Crippen molar-refractivity contribution in [2.75, 3.05) is 6.54 Å². The number of amides is 2. The Balaban J connectivity index is 1.75. The smallest absolute Gasteiger partial charge is 0.243 e. The van der Waals surface area contributed by atoms with Gasteiger partial charge < -0.3 is 20.9 Å². The first-order chi connectivity index (χ1) is 11.1. The molecule has 0 unspecified atom stereocenters. The van der Waals surface area contributed by atoms with Crippen molar-refractivity contribution < 1.29 is 9.59 Å². The molecule has 6 nitrogen and oxygen atoms in total. The first kappa shape index (κ1) is 15.6. The summed E-state index contributed by atoms with van der Waals surface area (Å²) in [5, 5.41) is 6.77. The maximum Gasteiger partial charge on any atom is 0.243 e. The Labute approximate surface area is 135 Å². The van der Waals surface area contributed by atoms with E-state index in [0.29, 0.717) is 25.8 Å². The highest BCUT2D eigenvalue weighted by Crippen LogP contribution is 2.22. The van der Waals surface area contributed by atoms with Gasteiger partial charge in [0.05, 0.1) is 0 Å². The third-order valence-electron chi connectivity index (χ3n) is 4.37. The number of hydrogen-bond donors (Lipinski definition) is 3. The van der Waals surface area contributed by atoms with Gasteiger partial charge in [-0.25, -0.2) is 0 Å².